The van der Waals surface area contributed by atoms with Crippen molar-refractivity contribution < 1.29 is 17.9 Å². The van der Waals surface area contributed by atoms with E-state index in [2.05, 4.69) is 27.3 Å². The number of benzene rings is 4. The molecule has 6 rings (SSSR count). The smallest absolute Gasteiger partial charge is 0.223 e. The summed E-state index contributed by atoms with van der Waals surface area (Å²) in [5.41, 5.74) is 5.03. The number of nitrogens with zero attached hydrogens (tertiary/aromatic N) is 3. The van der Waals surface area contributed by atoms with Crippen molar-refractivity contribution in [3.05, 3.63) is 132 Å². The molecule has 0 bridgehead atoms. The Kier molecular flexibility index (Phi) is 8.19. The first-order valence-corrected chi connectivity index (χ1v) is 15.8. The SMILES string of the molecule is COc1ccc(Cn2c(CCc3ccccc3)nnc2C(c2ccccc2-c2c[nH]c3ccccc23)S(N)(=O)=O)c(OC)c1. The van der Waals surface area contributed by atoms with Gasteiger partial charge in [-0.1, -0.05) is 72.8 Å². The van der Waals surface area contributed by atoms with E-state index in [4.69, 9.17) is 14.6 Å². The summed E-state index contributed by atoms with van der Waals surface area (Å²) in [4.78, 5) is 3.30. The van der Waals surface area contributed by atoms with E-state index in [1.165, 1.54) is 0 Å². The zero-order valence-electron chi connectivity index (χ0n) is 24.5. The van der Waals surface area contributed by atoms with Crippen LogP contribution in [-0.2, 0) is 29.4 Å². The van der Waals surface area contributed by atoms with E-state index in [-0.39, 0.29) is 12.4 Å². The molecule has 0 aliphatic carbocycles. The number of nitrogens with two attached hydrogens (primary N) is 1. The fourth-order valence-electron chi connectivity index (χ4n) is 5.68. The minimum Gasteiger partial charge on any atom is -0.497 e. The number of fused-ring (bicyclic) bond motifs is 1. The molecule has 0 saturated heterocycles. The average molecular weight is 608 g/mol. The van der Waals surface area contributed by atoms with Crippen LogP contribution in [0.3, 0.4) is 0 Å². The van der Waals surface area contributed by atoms with Crippen LogP contribution in [0, 0.1) is 0 Å². The number of hydrogen-bond acceptors (Lipinski definition) is 6. The minimum absolute atomic E-state index is 0.237. The van der Waals surface area contributed by atoms with E-state index >= 15 is 0 Å². The van der Waals surface area contributed by atoms with E-state index in [0.29, 0.717) is 35.7 Å². The summed E-state index contributed by atoms with van der Waals surface area (Å²) in [5, 5.41) is 14.8. The number of ether oxygens (including phenoxy) is 2. The van der Waals surface area contributed by atoms with Gasteiger partial charge in [0.2, 0.25) is 10.0 Å². The molecular weight excluding hydrogens is 574 g/mol. The average Bonchev–Trinajstić information content (AvgIpc) is 3.64. The normalized spacial score (nSPS) is 12.3. The lowest BCUT2D eigenvalue weighted by Gasteiger charge is -2.21. The van der Waals surface area contributed by atoms with Crippen LogP contribution in [0.4, 0.5) is 0 Å². The van der Waals surface area contributed by atoms with Crippen LogP contribution in [0.2, 0.25) is 0 Å². The van der Waals surface area contributed by atoms with Crippen molar-refractivity contribution in [1.29, 1.82) is 0 Å². The Morgan fingerprint density at radius 3 is 2.36 bits per heavy atom. The van der Waals surface area contributed by atoms with Crippen molar-refractivity contribution in [2.24, 2.45) is 5.14 Å². The number of H-pyrrole nitrogens is 1. The Morgan fingerprint density at radius 1 is 0.841 bits per heavy atom. The number of primary sulfonamides is 1. The second-order valence-corrected chi connectivity index (χ2v) is 12.2. The van der Waals surface area contributed by atoms with Crippen LogP contribution in [0.1, 0.15) is 33.6 Å². The Hall–Kier alpha value is -4.93. The number of aryl methyl sites for hydroxylation is 2. The molecule has 44 heavy (non-hydrogen) atoms. The van der Waals surface area contributed by atoms with Crippen LogP contribution in [0.15, 0.2) is 103 Å². The van der Waals surface area contributed by atoms with Gasteiger partial charge in [0.15, 0.2) is 11.1 Å². The molecule has 0 aliphatic rings. The molecule has 2 heterocycles. The lowest BCUT2D eigenvalue weighted by Crippen LogP contribution is -2.27. The van der Waals surface area contributed by atoms with Crippen molar-refractivity contribution >= 4 is 20.9 Å². The van der Waals surface area contributed by atoms with Crippen LogP contribution >= 0.6 is 0 Å². The van der Waals surface area contributed by atoms with Gasteiger partial charge in [-0.2, -0.15) is 0 Å². The van der Waals surface area contributed by atoms with Crippen LogP contribution in [-0.4, -0.2) is 42.4 Å². The van der Waals surface area contributed by atoms with Crippen molar-refractivity contribution in [2.45, 2.75) is 24.6 Å². The Labute approximate surface area is 256 Å². The standard InChI is InChI=1S/C34H33N5O4S/c1-42-25-18-17-24(31(20-25)43-2)22-39-32(19-16-23-10-4-3-5-11-23)37-38-34(39)33(44(35,40)41)28-14-7-6-12-26(28)29-21-36-30-15-9-8-13-27(29)30/h3-15,17-18,20-21,33,36H,16,19,22H2,1-2H3,(H2,35,40,41). The van der Waals surface area contributed by atoms with Gasteiger partial charge >= 0.3 is 0 Å². The highest BCUT2D eigenvalue weighted by Gasteiger charge is 2.34. The van der Waals surface area contributed by atoms with Crippen LogP contribution < -0.4 is 14.6 Å². The van der Waals surface area contributed by atoms with Crippen LogP contribution in [0.5, 0.6) is 11.5 Å². The molecule has 0 spiro atoms. The lowest BCUT2D eigenvalue weighted by molar-refractivity contribution is 0.390. The summed E-state index contributed by atoms with van der Waals surface area (Å²) >= 11 is 0. The zero-order chi connectivity index (χ0) is 30.7. The predicted molar refractivity (Wildman–Crippen MR) is 171 cm³/mol. The third-order valence-electron chi connectivity index (χ3n) is 7.84. The second kappa shape index (κ2) is 12.4. The van der Waals surface area contributed by atoms with Crippen molar-refractivity contribution in [1.82, 2.24) is 19.7 Å². The van der Waals surface area contributed by atoms with Crippen molar-refractivity contribution in [2.75, 3.05) is 14.2 Å². The summed E-state index contributed by atoms with van der Waals surface area (Å²) in [5.74, 6) is 2.12. The highest BCUT2D eigenvalue weighted by Crippen LogP contribution is 2.39. The van der Waals surface area contributed by atoms with Gasteiger partial charge in [-0.3, -0.25) is 0 Å². The van der Waals surface area contributed by atoms with Gasteiger partial charge in [0.25, 0.3) is 0 Å². The largest absolute Gasteiger partial charge is 0.497 e. The highest BCUT2D eigenvalue weighted by molar-refractivity contribution is 7.89. The second-order valence-electron chi connectivity index (χ2n) is 10.5. The summed E-state index contributed by atoms with van der Waals surface area (Å²) in [6, 6.07) is 30.9. The first kappa shape index (κ1) is 29.2. The fourth-order valence-corrected chi connectivity index (χ4v) is 6.71. The fraction of sp³-hybridized carbons (Fsp3) is 0.176. The third-order valence-corrected chi connectivity index (χ3v) is 8.97. The molecule has 224 valence electrons. The Morgan fingerprint density at radius 2 is 1.59 bits per heavy atom. The Balaban J connectivity index is 1.51. The lowest BCUT2D eigenvalue weighted by atomic mass is 9.96. The molecule has 1 unspecified atom stereocenters. The maximum absolute atomic E-state index is 13.6. The topological polar surface area (TPSA) is 125 Å². The molecule has 9 nitrogen and oxygen atoms in total. The molecule has 0 amide bonds. The maximum Gasteiger partial charge on any atom is 0.223 e. The van der Waals surface area contributed by atoms with Gasteiger partial charge < -0.3 is 19.0 Å². The number of aromatic nitrogens is 4. The number of hydrogen-bond donors (Lipinski definition) is 2. The van der Waals surface area contributed by atoms with Crippen molar-refractivity contribution in [3.63, 3.8) is 0 Å². The highest BCUT2D eigenvalue weighted by atomic mass is 32.2. The number of aromatic amines is 1. The molecule has 0 saturated carbocycles. The summed E-state index contributed by atoms with van der Waals surface area (Å²) in [6.07, 6.45) is 3.13. The number of methoxy groups -OCH3 is 2. The molecule has 0 fully saturated rings. The summed E-state index contributed by atoms with van der Waals surface area (Å²) < 4.78 is 40.1. The number of para-hydroxylation sites is 1. The molecule has 2 aromatic heterocycles. The molecule has 4 aromatic carbocycles. The predicted octanol–water partition coefficient (Wildman–Crippen LogP) is 5.66. The number of sulfonamides is 1. The quantitative estimate of drug-likeness (QED) is 0.196. The molecule has 3 N–H and O–H groups in total. The maximum atomic E-state index is 13.6. The van der Waals surface area contributed by atoms with Gasteiger partial charge in [0.05, 0.1) is 20.8 Å². The van der Waals surface area contributed by atoms with Gasteiger partial charge in [-0.25, -0.2) is 13.6 Å². The van der Waals surface area contributed by atoms with Gasteiger partial charge in [-0.15, -0.1) is 10.2 Å². The first-order valence-electron chi connectivity index (χ1n) is 14.2. The minimum atomic E-state index is -4.22. The Bertz CT molecular complexity index is 2020. The molecule has 0 radical (unpaired) electrons. The van der Waals surface area contributed by atoms with Crippen LogP contribution in [0.25, 0.3) is 22.0 Å². The van der Waals surface area contributed by atoms with Gasteiger partial charge in [-0.05, 0) is 41.3 Å². The van der Waals surface area contributed by atoms with E-state index < -0.39 is 15.3 Å². The van der Waals surface area contributed by atoms with E-state index in [1.807, 2.05) is 83.6 Å². The van der Waals surface area contributed by atoms with Crippen molar-refractivity contribution in [3.8, 4) is 22.6 Å². The number of nitrogens with one attached hydrogen (secondary N) is 1. The van der Waals surface area contributed by atoms with Gasteiger partial charge in [0, 0.05) is 40.7 Å². The summed E-state index contributed by atoms with van der Waals surface area (Å²) in [7, 11) is -1.03. The third kappa shape index (κ3) is 5.82. The first-order chi connectivity index (χ1) is 21.4. The zero-order valence-corrected chi connectivity index (χ0v) is 25.3. The van der Waals surface area contributed by atoms with Gasteiger partial charge in [0.1, 0.15) is 17.3 Å². The number of rotatable bonds is 11. The van der Waals surface area contributed by atoms with E-state index in [9.17, 15) is 8.42 Å². The van der Waals surface area contributed by atoms with E-state index in [0.717, 1.165) is 33.2 Å². The molecule has 6 aromatic rings. The summed E-state index contributed by atoms with van der Waals surface area (Å²) in [6.45, 7) is 0.265. The molecule has 1 atom stereocenters. The molecule has 0 aliphatic heterocycles. The van der Waals surface area contributed by atoms with E-state index in [1.54, 1.807) is 26.4 Å². The molecule has 10 heteroatoms. The monoisotopic (exact) mass is 607 g/mol. The molecular formula is C34H33N5O4S.